The summed E-state index contributed by atoms with van der Waals surface area (Å²) in [5.74, 6) is -1.75. The van der Waals surface area contributed by atoms with E-state index >= 15 is 0 Å². The maximum absolute atomic E-state index is 14.1. The number of likely N-dealkylation sites (tertiary alicyclic amines) is 1. The van der Waals surface area contributed by atoms with Crippen molar-refractivity contribution in [2.45, 2.75) is 83.4 Å². The molecule has 1 aliphatic rings. The largest absolute Gasteiger partial charge is 0.497 e. The van der Waals surface area contributed by atoms with E-state index in [9.17, 15) is 19.2 Å². The fourth-order valence-electron chi connectivity index (χ4n) is 5.99. The first-order valence-corrected chi connectivity index (χ1v) is 16.7. The Bertz CT molecular complexity index is 1570. The minimum Gasteiger partial charge on any atom is -0.497 e. The number of ether oxygens (including phenoxy) is 2. The van der Waals surface area contributed by atoms with Gasteiger partial charge in [0.05, 0.1) is 13.0 Å². The molecule has 12 heteroatoms. The number of aromatic nitrogens is 1. The van der Waals surface area contributed by atoms with E-state index < -0.39 is 41.4 Å². The number of urea groups is 1. The monoisotopic (exact) mass is 662 g/mol. The number of hydrogen-bond acceptors (Lipinski definition) is 7. The predicted octanol–water partition coefficient (Wildman–Crippen LogP) is 4.66. The number of benzene rings is 2. The third kappa shape index (κ3) is 9.72. The average Bonchev–Trinajstić information content (AvgIpc) is 3.50. The molecule has 4 rings (SSSR count). The number of esters is 1. The van der Waals surface area contributed by atoms with Gasteiger partial charge in [-0.2, -0.15) is 0 Å². The van der Waals surface area contributed by atoms with E-state index in [1.807, 2.05) is 37.4 Å². The number of aromatic amines is 1. The molecule has 0 aliphatic carbocycles. The molecule has 0 saturated carbocycles. The van der Waals surface area contributed by atoms with Crippen molar-refractivity contribution in [3.05, 3.63) is 60.3 Å². The summed E-state index contributed by atoms with van der Waals surface area (Å²) in [4.78, 5) is 59.3. The van der Waals surface area contributed by atoms with Crippen molar-refractivity contribution in [3.63, 3.8) is 0 Å². The molecule has 3 aromatic rings. The van der Waals surface area contributed by atoms with Gasteiger partial charge in [-0.25, -0.2) is 9.59 Å². The van der Waals surface area contributed by atoms with Crippen LogP contribution in [0.4, 0.5) is 10.5 Å². The lowest BCUT2D eigenvalue weighted by Crippen LogP contribution is -2.56. The highest BCUT2D eigenvalue weighted by molar-refractivity contribution is 5.94. The van der Waals surface area contributed by atoms with E-state index in [1.165, 1.54) is 0 Å². The quantitative estimate of drug-likeness (QED) is 0.131. The van der Waals surface area contributed by atoms with E-state index in [2.05, 4.69) is 20.9 Å². The maximum Gasteiger partial charge on any atom is 0.329 e. The Morgan fingerprint density at radius 1 is 1.06 bits per heavy atom. The van der Waals surface area contributed by atoms with E-state index in [0.29, 0.717) is 56.6 Å². The molecule has 2 aromatic carbocycles. The van der Waals surface area contributed by atoms with E-state index in [4.69, 9.17) is 15.2 Å². The average molecular weight is 663 g/mol. The molecule has 1 aromatic heterocycles. The number of nitrogens with one attached hydrogen (secondary N) is 4. The molecular formula is C36H50N6O6. The number of piperidine rings is 1. The molecule has 1 aliphatic heterocycles. The van der Waals surface area contributed by atoms with Gasteiger partial charge in [-0.05, 0) is 83.2 Å². The zero-order valence-electron chi connectivity index (χ0n) is 28.6. The van der Waals surface area contributed by atoms with Gasteiger partial charge >= 0.3 is 12.0 Å². The first kappa shape index (κ1) is 36.3. The Kier molecular flexibility index (Phi) is 12.5. The summed E-state index contributed by atoms with van der Waals surface area (Å²) in [7, 11) is 1.56. The van der Waals surface area contributed by atoms with Crippen molar-refractivity contribution in [1.82, 2.24) is 20.5 Å². The van der Waals surface area contributed by atoms with Gasteiger partial charge in [0.1, 0.15) is 23.4 Å². The normalized spacial score (nSPS) is 16.8. The highest BCUT2D eigenvalue weighted by Crippen LogP contribution is 2.29. The van der Waals surface area contributed by atoms with Crippen LogP contribution in [0, 0.1) is 5.92 Å². The minimum absolute atomic E-state index is 0.192. The molecular weight excluding hydrogens is 612 g/mol. The number of anilines is 1. The second kappa shape index (κ2) is 16.5. The topological polar surface area (TPSA) is 168 Å². The number of hydrogen-bond donors (Lipinski definition) is 5. The third-order valence-corrected chi connectivity index (χ3v) is 8.55. The molecule has 260 valence electrons. The van der Waals surface area contributed by atoms with Crippen LogP contribution >= 0.6 is 0 Å². The Morgan fingerprint density at radius 2 is 1.83 bits per heavy atom. The summed E-state index contributed by atoms with van der Waals surface area (Å²) in [5, 5.41) is 9.72. The number of fused-ring (bicyclic) bond motifs is 1. The van der Waals surface area contributed by atoms with Gasteiger partial charge < -0.3 is 41.0 Å². The lowest BCUT2D eigenvalue weighted by molar-refractivity contribution is -0.159. The molecule has 1 fully saturated rings. The molecule has 0 radical (unpaired) electrons. The number of methoxy groups -OCH3 is 1. The first-order valence-electron chi connectivity index (χ1n) is 16.7. The van der Waals surface area contributed by atoms with Crippen LogP contribution in [0.1, 0.15) is 71.3 Å². The first-order chi connectivity index (χ1) is 22.9. The Hall–Kier alpha value is -4.58. The van der Waals surface area contributed by atoms with Gasteiger partial charge in [-0.1, -0.05) is 31.2 Å². The predicted molar refractivity (Wildman–Crippen MR) is 186 cm³/mol. The van der Waals surface area contributed by atoms with Crippen molar-refractivity contribution in [2.75, 3.05) is 32.1 Å². The van der Waals surface area contributed by atoms with Crippen molar-refractivity contribution >= 4 is 40.4 Å². The summed E-state index contributed by atoms with van der Waals surface area (Å²) in [5.41, 5.74) is 7.30. The standard InChI is InChI=1S/C36H50N6O6/c1-23(28-21-38-29-16-7-6-15-27(28)29)31(33(44)40-30(17-8-9-18-37)34(45)48-36(2,3)4)41-32(43)24-12-11-19-42(22-24)35(46)39-25-13-10-14-26(20-25)47-5/h6-7,10,13-16,20-21,23-24,30-31,38H,8-9,11-12,17-19,22,37H2,1-5H3,(H,39,46)(H,40,44)(H,41,43)/t23-,24?,30-,31?/m0/s1. The summed E-state index contributed by atoms with van der Waals surface area (Å²) >= 11 is 0. The molecule has 2 heterocycles. The van der Waals surface area contributed by atoms with Crippen LogP contribution in [0.2, 0.25) is 0 Å². The number of unbranched alkanes of at least 4 members (excludes halogenated alkanes) is 1. The summed E-state index contributed by atoms with van der Waals surface area (Å²) in [6.07, 6.45) is 4.68. The Labute approximate surface area is 282 Å². The van der Waals surface area contributed by atoms with Gasteiger partial charge in [0.15, 0.2) is 0 Å². The van der Waals surface area contributed by atoms with Crippen LogP contribution in [0.25, 0.3) is 10.9 Å². The summed E-state index contributed by atoms with van der Waals surface area (Å²) in [6.45, 7) is 8.35. The zero-order valence-corrected chi connectivity index (χ0v) is 28.6. The van der Waals surface area contributed by atoms with Crippen LogP contribution in [0.15, 0.2) is 54.7 Å². The smallest absolute Gasteiger partial charge is 0.329 e. The Balaban J connectivity index is 1.54. The number of carbonyl (C=O) groups excluding carboxylic acids is 4. The highest BCUT2D eigenvalue weighted by atomic mass is 16.6. The van der Waals surface area contributed by atoms with E-state index in [-0.39, 0.29) is 18.5 Å². The number of nitrogens with two attached hydrogens (primary N) is 1. The van der Waals surface area contributed by atoms with Crippen LogP contribution in [-0.4, -0.2) is 78.1 Å². The van der Waals surface area contributed by atoms with Crippen LogP contribution in [0.3, 0.4) is 0 Å². The number of para-hydroxylation sites is 1. The molecule has 48 heavy (non-hydrogen) atoms. The number of carbonyl (C=O) groups is 4. The molecule has 4 atom stereocenters. The van der Waals surface area contributed by atoms with Gasteiger partial charge in [-0.3, -0.25) is 9.59 Å². The third-order valence-electron chi connectivity index (χ3n) is 8.55. The van der Waals surface area contributed by atoms with E-state index in [1.54, 1.807) is 57.0 Å². The zero-order chi connectivity index (χ0) is 34.8. The van der Waals surface area contributed by atoms with Crippen LogP contribution in [0.5, 0.6) is 5.75 Å². The lowest BCUT2D eigenvalue weighted by atomic mass is 9.90. The van der Waals surface area contributed by atoms with Crippen LogP contribution in [-0.2, 0) is 19.1 Å². The van der Waals surface area contributed by atoms with Crippen molar-refractivity contribution in [3.8, 4) is 5.75 Å². The number of nitrogens with zero attached hydrogens (tertiary/aromatic N) is 1. The Morgan fingerprint density at radius 3 is 2.56 bits per heavy atom. The van der Waals surface area contributed by atoms with Crippen molar-refractivity contribution in [1.29, 1.82) is 0 Å². The molecule has 0 spiro atoms. The molecule has 4 amide bonds. The van der Waals surface area contributed by atoms with Gasteiger partial charge in [0, 0.05) is 47.9 Å². The SMILES string of the molecule is COc1cccc(NC(=O)N2CCCC(C(=O)NC(C(=O)N[C@@H](CCCCN)C(=O)OC(C)(C)C)[C@@H](C)c3c[nH]c4ccccc34)C2)c1. The second-order valence-corrected chi connectivity index (χ2v) is 13.4. The fourth-order valence-corrected chi connectivity index (χ4v) is 5.99. The summed E-state index contributed by atoms with van der Waals surface area (Å²) in [6, 6.07) is 12.6. The highest BCUT2D eigenvalue weighted by Gasteiger charge is 2.36. The molecule has 6 N–H and O–H groups in total. The fraction of sp³-hybridized carbons (Fsp3) is 0.500. The van der Waals surface area contributed by atoms with Gasteiger partial charge in [0.25, 0.3) is 0 Å². The van der Waals surface area contributed by atoms with Gasteiger partial charge in [0.2, 0.25) is 11.8 Å². The van der Waals surface area contributed by atoms with Crippen molar-refractivity contribution < 1.29 is 28.7 Å². The van der Waals surface area contributed by atoms with Crippen LogP contribution < -0.4 is 26.4 Å². The van der Waals surface area contributed by atoms with E-state index in [0.717, 1.165) is 16.5 Å². The second-order valence-electron chi connectivity index (χ2n) is 13.4. The maximum atomic E-state index is 14.1. The summed E-state index contributed by atoms with van der Waals surface area (Å²) < 4.78 is 10.9. The van der Waals surface area contributed by atoms with Crippen molar-refractivity contribution in [2.24, 2.45) is 11.7 Å². The molecule has 1 saturated heterocycles. The molecule has 2 unspecified atom stereocenters. The number of rotatable bonds is 13. The minimum atomic E-state index is -1.02. The number of amides is 4. The van der Waals surface area contributed by atoms with Gasteiger partial charge in [-0.15, -0.1) is 0 Å². The lowest BCUT2D eigenvalue weighted by Gasteiger charge is -2.34. The molecule has 12 nitrogen and oxygen atoms in total. The molecule has 0 bridgehead atoms. The number of H-pyrrole nitrogens is 1.